The second-order valence-corrected chi connectivity index (χ2v) is 2.33. The third-order valence-electron chi connectivity index (χ3n) is 1.57. The normalized spacial score (nSPS) is 33.0. The molecule has 0 aliphatic carbocycles. The molecular formula is C7H13O2U-. The van der Waals surface area contributed by atoms with Crippen molar-refractivity contribution in [3.05, 3.63) is 6.42 Å². The van der Waals surface area contributed by atoms with Crippen LogP contribution in [0.2, 0.25) is 0 Å². The Labute approximate surface area is 86.0 Å². The maximum atomic E-state index is 5.27. The van der Waals surface area contributed by atoms with Gasteiger partial charge < -0.3 is 9.47 Å². The Balaban J connectivity index is 0.000000810. The third-order valence-corrected chi connectivity index (χ3v) is 1.57. The molecule has 0 aromatic heterocycles. The first-order valence-corrected chi connectivity index (χ1v) is 3.32. The molecule has 10 heavy (non-hydrogen) atoms. The van der Waals surface area contributed by atoms with E-state index in [1.165, 1.54) is 0 Å². The Bertz CT molecular complexity index is 87.7. The number of methoxy groups -OCH3 is 1. The van der Waals surface area contributed by atoms with Crippen LogP contribution in [-0.4, -0.2) is 25.9 Å². The van der Waals surface area contributed by atoms with Crippen molar-refractivity contribution in [3.8, 4) is 0 Å². The van der Waals surface area contributed by atoms with Gasteiger partial charge in [0.1, 0.15) is 0 Å². The minimum Gasteiger partial charge on any atom is -0.413 e. The van der Waals surface area contributed by atoms with Crippen LogP contribution in [-0.2, 0) is 9.47 Å². The molecule has 1 saturated heterocycles. The van der Waals surface area contributed by atoms with Gasteiger partial charge in [0, 0.05) is 44.8 Å². The van der Waals surface area contributed by atoms with Gasteiger partial charge in [-0.1, -0.05) is 19.1 Å². The molecule has 0 amide bonds. The van der Waals surface area contributed by atoms with Gasteiger partial charge in [-0.15, -0.1) is 0 Å². The van der Waals surface area contributed by atoms with Crippen molar-refractivity contribution in [2.75, 3.05) is 13.7 Å². The average Bonchev–Trinajstić information content (AvgIpc) is 1.88. The minimum atomic E-state index is 0. The molecule has 2 atom stereocenters. The zero-order chi connectivity index (χ0) is 6.69. The van der Waals surface area contributed by atoms with Gasteiger partial charge in [-0.05, 0) is 6.42 Å². The van der Waals surface area contributed by atoms with E-state index >= 15 is 0 Å². The standard InChI is InChI=1S/C7H13O2.U/c1-6-5-7(8-2)3-4-9-6;/h5-7H,3-4H2,1-2H3;/q-1;/t6-,7-;/m0./s1. The average molecular weight is 367 g/mol. The smallest absolute Gasteiger partial charge is 0.0432 e. The third kappa shape index (κ3) is 3.39. The van der Waals surface area contributed by atoms with E-state index in [0.717, 1.165) is 13.0 Å². The summed E-state index contributed by atoms with van der Waals surface area (Å²) in [6.45, 7) is 2.86. The van der Waals surface area contributed by atoms with E-state index in [0.29, 0.717) is 6.10 Å². The topological polar surface area (TPSA) is 18.5 Å². The van der Waals surface area contributed by atoms with E-state index in [2.05, 4.69) is 6.42 Å². The summed E-state index contributed by atoms with van der Waals surface area (Å²) in [7, 11) is 1.74. The Morgan fingerprint density at radius 2 is 2.30 bits per heavy atom. The summed E-state index contributed by atoms with van der Waals surface area (Å²) < 4.78 is 10.4. The van der Waals surface area contributed by atoms with E-state index in [9.17, 15) is 0 Å². The van der Waals surface area contributed by atoms with Crippen molar-refractivity contribution in [1.82, 2.24) is 0 Å². The summed E-state index contributed by atoms with van der Waals surface area (Å²) in [4.78, 5) is 0. The molecule has 1 aliphatic heterocycles. The van der Waals surface area contributed by atoms with E-state index in [1.807, 2.05) is 6.92 Å². The van der Waals surface area contributed by atoms with Crippen molar-refractivity contribution in [3.63, 3.8) is 0 Å². The Morgan fingerprint density at radius 3 is 2.70 bits per heavy atom. The molecule has 0 saturated carbocycles. The van der Waals surface area contributed by atoms with Crippen LogP contribution in [0.3, 0.4) is 0 Å². The van der Waals surface area contributed by atoms with Gasteiger partial charge in [-0.25, -0.2) is 0 Å². The maximum absolute atomic E-state index is 5.27. The van der Waals surface area contributed by atoms with Gasteiger partial charge in [-0.3, -0.25) is 6.42 Å². The zero-order valence-electron chi connectivity index (χ0n) is 6.46. The summed E-state index contributed by atoms with van der Waals surface area (Å²) in [5, 5.41) is 0. The van der Waals surface area contributed by atoms with E-state index in [-0.39, 0.29) is 37.2 Å². The van der Waals surface area contributed by atoms with Crippen LogP contribution in [0, 0.1) is 37.5 Å². The Morgan fingerprint density at radius 1 is 1.60 bits per heavy atom. The number of ether oxygens (including phenoxy) is 2. The first-order valence-electron chi connectivity index (χ1n) is 3.32. The van der Waals surface area contributed by atoms with Crippen molar-refractivity contribution in [2.24, 2.45) is 0 Å². The summed E-state index contributed by atoms with van der Waals surface area (Å²) in [6, 6.07) is 0. The van der Waals surface area contributed by atoms with Crippen LogP contribution in [0.1, 0.15) is 13.3 Å². The molecule has 0 unspecified atom stereocenters. The van der Waals surface area contributed by atoms with E-state index in [1.54, 1.807) is 7.11 Å². The fraction of sp³-hybridized carbons (Fsp3) is 0.857. The van der Waals surface area contributed by atoms with Crippen molar-refractivity contribution in [1.29, 1.82) is 0 Å². The van der Waals surface area contributed by atoms with Crippen molar-refractivity contribution < 1.29 is 40.6 Å². The SMILES string of the molecule is CO[C@@H]1[CH-][C@H](C)OCC1.[U]. The van der Waals surface area contributed by atoms with Gasteiger partial charge >= 0.3 is 0 Å². The number of hydrogen-bond acceptors (Lipinski definition) is 2. The molecule has 0 radical (unpaired) electrons. The van der Waals surface area contributed by atoms with E-state index < -0.39 is 0 Å². The fourth-order valence-corrected chi connectivity index (χ4v) is 1.02. The predicted octanol–water partition coefficient (Wildman–Crippen LogP) is 1.01. The summed E-state index contributed by atoms with van der Waals surface area (Å²) >= 11 is 0. The first kappa shape index (κ1) is 11.0. The van der Waals surface area contributed by atoms with Crippen LogP contribution in [0.4, 0.5) is 0 Å². The molecule has 0 bridgehead atoms. The molecule has 1 aliphatic rings. The molecule has 0 N–H and O–H groups in total. The quantitative estimate of drug-likeness (QED) is 0.645. The molecule has 58 valence electrons. The van der Waals surface area contributed by atoms with Gasteiger partial charge in [0.05, 0.1) is 0 Å². The van der Waals surface area contributed by atoms with Crippen LogP contribution in [0.5, 0.6) is 0 Å². The van der Waals surface area contributed by atoms with Gasteiger partial charge in [0.2, 0.25) is 0 Å². The molecule has 3 heteroatoms. The summed E-state index contributed by atoms with van der Waals surface area (Å²) in [5.74, 6) is 0. The number of rotatable bonds is 1. The summed E-state index contributed by atoms with van der Waals surface area (Å²) in [5.41, 5.74) is 0. The van der Waals surface area contributed by atoms with Crippen LogP contribution in [0.15, 0.2) is 0 Å². The molecule has 0 spiro atoms. The molecule has 1 rings (SSSR count). The largest absolute Gasteiger partial charge is 0.413 e. The molecule has 2 nitrogen and oxygen atoms in total. The Hall–Kier alpha value is 0.972. The molecule has 0 aromatic carbocycles. The first-order chi connectivity index (χ1) is 4.33. The Kier molecular flexibility index (Phi) is 6.14. The zero-order valence-corrected chi connectivity index (χ0v) is 10.6. The van der Waals surface area contributed by atoms with Crippen molar-refractivity contribution in [2.45, 2.75) is 25.6 Å². The second-order valence-electron chi connectivity index (χ2n) is 2.33. The van der Waals surface area contributed by atoms with E-state index in [4.69, 9.17) is 9.47 Å². The molecule has 1 fully saturated rings. The van der Waals surface area contributed by atoms with Crippen LogP contribution in [0.25, 0.3) is 0 Å². The predicted molar refractivity (Wildman–Crippen MR) is 35.1 cm³/mol. The monoisotopic (exact) mass is 367 g/mol. The van der Waals surface area contributed by atoms with Gasteiger partial charge in [-0.2, -0.15) is 0 Å². The van der Waals surface area contributed by atoms with Crippen LogP contribution >= 0.6 is 0 Å². The van der Waals surface area contributed by atoms with Crippen LogP contribution < -0.4 is 0 Å². The summed E-state index contributed by atoms with van der Waals surface area (Å²) in [6.07, 6.45) is 3.67. The second kappa shape index (κ2) is 5.60. The molecule has 0 aromatic rings. The van der Waals surface area contributed by atoms with Crippen molar-refractivity contribution >= 4 is 0 Å². The maximum Gasteiger partial charge on any atom is 0.0432 e. The molecular weight excluding hydrogens is 354 g/mol. The number of hydrogen-bond donors (Lipinski definition) is 0. The minimum absolute atomic E-state index is 0. The molecule has 1 heterocycles. The van der Waals surface area contributed by atoms with Gasteiger partial charge in [0.25, 0.3) is 0 Å². The van der Waals surface area contributed by atoms with Gasteiger partial charge in [0.15, 0.2) is 0 Å². The fourth-order valence-electron chi connectivity index (χ4n) is 1.02.